The Morgan fingerprint density at radius 2 is 1.71 bits per heavy atom. The van der Waals surface area contributed by atoms with Crippen molar-refractivity contribution in [1.82, 2.24) is 14.5 Å². The van der Waals surface area contributed by atoms with E-state index in [0.29, 0.717) is 43.4 Å². The van der Waals surface area contributed by atoms with Crippen LogP contribution in [0.15, 0.2) is 77.7 Å². The summed E-state index contributed by atoms with van der Waals surface area (Å²) in [5, 5.41) is 1.38. The summed E-state index contributed by atoms with van der Waals surface area (Å²) in [6.45, 7) is 2.74. The summed E-state index contributed by atoms with van der Waals surface area (Å²) >= 11 is 6.02. The minimum Gasteiger partial charge on any atom is -0.497 e. The molecule has 7 nitrogen and oxygen atoms in total. The zero-order valence-electron chi connectivity index (χ0n) is 19.4. The van der Waals surface area contributed by atoms with Gasteiger partial charge in [0, 0.05) is 48.5 Å². The second-order valence-corrected chi connectivity index (χ2v) is 8.91. The number of piperazine rings is 1. The summed E-state index contributed by atoms with van der Waals surface area (Å²) < 4.78 is 6.80. The maximum atomic E-state index is 13.5. The largest absolute Gasteiger partial charge is 0.497 e. The molecule has 2 aromatic heterocycles. The smallest absolute Gasteiger partial charge is 0.265 e. The lowest BCUT2D eigenvalue weighted by Crippen LogP contribution is -2.50. The molecule has 0 N–H and O–H groups in total. The first kappa shape index (κ1) is 22.9. The summed E-state index contributed by atoms with van der Waals surface area (Å²) in [5.74, 6) is 0.559. The molecular formula is C27H25ClN4O3. The van der Waals surface area contributed by atoms with Gasteiger partial charge in [-0.2, -0.15) is 0 Å². The van der Waals surface area contributed by atoms with Crippen LogP contribution in [0, 0.1) is 0 Å². The third kappa shape index (κ3) is 4.72. The second kappa shape index (κ2) is 9.80. The van der Waals surface area contributed by atoms with Gasteiger partial charge in [-0.25, -0.2) is 4.98 Å². The summed E-state index contributed by atoms with van der Waals surface area (Å²) in [4.78, 5) is 35.4. The van der Waals surface area contributed by atoms with Crippen molar-refractivity contribution in [2.75, 3.05) is 38.2 Å². The summed E-state index contributed by atoms with van der Waals surface area (Å²) in [6.07, 6.45) is 1.65. The first-order chi connectivity index (χ1) is 17.0. The van der Waals surface area contributed by atoms with Crippen LogP contribution in [0.25, 0.3) is 11.0 Å². The lowest BCUT2D eigenvalue weighted by atomic mass is 10.1. The van der Waals surface area contributed by atoms with Crippen molar-refractivity contribution in [1.29, 1.82) is 0 Å². The Hall–Kier alpha value is -3.84. The number of rotatable bonds is 5. The number of halogens is 1. The highest BCUT2D eigenvalue weighted by atomic mass is 35.5. The van der Waals surface area contributed by atoms with Crippen LogP contribution in [0.3, 0.4) is 0 Å². The van der Waals surface area contributed by atoms with Crippen LogP contribution in [-0.4, -0.2) is 53.6 Å². The highest BCUT2D eigenvalue weighted by molar-refractivity contribution is 6.30. The maximum absolute atomic E-state index is 13.5. The highest BCUT2D eigenvalue weighted by Gasteiger charge is 2.25. The predicted octanol–water partition coefficient (Wildman–Crippen LogP) is 4.07. The average Bonchev–Trinajstić information content (AvgIpc) is 2.91. The van der Waals surface area contributed by atoms with Gasteiger partial charge < -0.3 is 14.5 Å². The van der Waals surface area contributed by atoms with Gasteiger partial charge in [0.25, 0.3) is 11.5 Å². The van der Waals surface area contributed by atoms with Crippen molar-refractivity contribution in [3.63, 3.8) is 0 Å². The van der Waals surface area contributed by atoms with Gasteiger partial charge in [-0.3, -0.25) is 14.2 Å². The number of fused-ring (bicyclic) bond motifs is 1. The minimum atomic E-state index is -0.339. The van der Waals surface area contributed by atoms with E-state index in [0.717, 1.165) is 22.4 Å². The average molecular weight is 489 g/mol. The fraction of sp³-hybridized carbons (Fsp3) is 0.222. The first-order valence-electron chi connectivity index (χ1n) is 11.4. The number of methoxy groups -OCH3 is 1. The van der Waals surface area contributed by atoms with Crippen LogP contribution < -0.4 is 15.2 Å². The molecule has 1 aliphatic rings. The lowest BCUT2D eigenvalue weighted by Gasteiger charge is -2.36. The maximum Gasteiger partial charge on any atom is 0.265 e. The van der Waals surface area contributed by atoms with E-state index in [1.807, 2.05) is 42.5 Å². The molecule has 35 heavy (non-hydrogen) atoms. The molecule has 0 spiro atoms. The van der Waals surface area contributed by atoms with Gasteiger partial charge in [0.15, 0.2) is 0 Å². The van der Waals surface area contributed by atoms with Crippen molar-refractivity contribution >= 4 is 34.2 Å². The Labute approximate surface area is 208 Å². The molecule has 0 atom stereocenters. The molecule has 0 unspecified atom stereocenters. The number of pyridine rings is 2. The molecular weight excluding hydrogens is 464 g/mol. The number of amides is 1. The summed E-state index contributed by atoms with van der Waals surface area (Å²) in [7, 11) is 1.64. The summed E-state index contributed by atoms with van der Waals surface area (Å²) in [6, 6.07) is 20.6. The van der Waals surface area contributed by atoms with E-state index >= 15 is 0 Å². The fourth-order valence-electron chi connectivity index (χ4n) is 4.41. The topological polar surface area (TPSA) is 67.7 Å². The molecule has 2 aromatic carbocycles. The van der Waals surface area contributed by atoms with Crippen molar-refractivity contribution < 1.29 is 9.53 Å². The number of hydrogen-bond acceptors (Lipinski definition) is 5. The van der Waals surface area contributed by atoms with Gasteiger partial charge in [0.1, 0.15) is 17.0 Å². The molecule has 178 valence electrons. The Bertz CT molecular complexity index is 1410. The van der Waals surface area contributed by atoms with E-state index in [2.05, 4.69) is 9.88 Å². The normalized spacial score (nSPS) is 13.8. The number of carbonyl (C=O) groups is 1. The Morgan fingerprint density at radius 1 is 1.00 bits per heavy atom. The molecule has 0 saturated carbocycles. The van der Waals surface area contributed by atoms with Crippen LogP contribution in [0.5, 0.6) is 5.75 Å². The molecule has 3 heterocycles. The van der Waals surface area contributed by atoms with Crippen molar-refractivity contribution in [2.45, 2.75) is 6.54 Å². The quantitative estimate of drug-likeness (QED) is 0.423. The van der Waals surface area contributed by atoms with E-state index in [4.69, 9.17) is 16.3 Å². The van der Waals surface area contributed by atoms with Crippen LogP contribution >= 0.6 is 11.6 Å². The van der Waals surface area contributed by atoms with E-state index in [-0.39, 0.29) is 17.0 Å². The zero-order valence-corrected chi connectivity index (χ0v) is 20.1. The molecule has 8 heteroatoms. The number of benzene rings is 2. The van der Waals surface area contributed by atoms with Crippen molar-refractivity contribution in [2.24, 2.45) is 0 Å². The number of anilines is 1. The molecule has 0 radical (unpaired) electrons. The molecule has 1 aliphatic heterocycles. The standard InChI is InChI=1S/C27H25ClN4O3/c1-35-23-10-8-22(9-11-23)30-13-15-31(16-14-30)26(33)24-17-20-3-2-12-29-25(20)32(27(24)34)18-19-4-6-21(28)7-5-19/h2-12,17H,13-16,18H2,1H3. The highest BCUT2D eigenvalue weighted by Crippen LogP contribution is 2.21. The van der Waals surface area contributed by atoms with E-state index in [1.165, 1.54) is 0 Å². The van der Waals surface area contributed by atoms with Gasteiger partial charge in [0.2, 0.25) is 0 Å². The van der Waals surface area contributed by atoms with Crippen molar-refractivity contribution in [3.8, 4) is 5.75 Å². The van der Waals surface area contributed by atoms with Crippen molar-refractivity contribution in [3.05, 3.63) is 99.4 Å². The molecule has 0 bridgehead atoms. The number of carbonyl (C=O) groups excluding carboxylic acids is 1. The van der Waals surface area contributed by atoms with E-state index < -0.39 is 0 Å². The van der Waals surface area contributed by atoms with Gasteiger partial charge in [-0.05, 0) is 60.2 Å². The Morgan fingerprint density at radius 3 is 2.40 bits per heavy atom. The fourth-order valence-corrected chi connectivity index (χ4v) is 4.54. The van der Waals surface area contributed by atoms with Gasteiger partial charge in [0.05, 0.1) is 13.7 Å². The van der Waals surface area contributed by atoms with Gasteiger partial charge >= 0.3 is 0 Å². The molecule has 0 aliphatic carbocycles. The van der Waals surface area contributed by atoms with Crippen LogP contribution in [0.2, 0.25) is 5.02 Å². The van der Waals surface area contributed by atoms with Gasteiger partial charge in [-0.1, -0.05) is 23.7 Å². The number of nitrogens with zero attached hydrogens (tertiary/aromatic N) is 4. The third-order valence-electron chi connectivity index (χ3n) is 6.34. The number of hydrogen-bond donors (Lipinski definition) is 0. The third-order valence-corrected chi connectivity index (χ3v) is 6.59. The monoisotopic (exact) mass is 488 g/mol. The first-order valence-corrected chi connectivity index (χ1v) is 11.8. The van der Waals surface area contributed by atoms with E-state index in [1.54, 1.807) is 47.0 Å². The number of ether oxygens (including phenoxy) is 1. The molecule has 4 aromatic rings. The Balaban J connectivity index is 1.40. The molecule has 5 rings (SSSR count). The van der Waals surface area contributed by atoms with E-state index in [9.17, 15) is 9.59 Å². The Kier molecular flexibility index (Phi) is 6.42. The van der Waals surface area contributed by atoms with Crippen LogP contribution in [0.1, 0.15) is 15.9 Å². The zero-order chi connectivity index (χ0) is 24.4. The van der Waals surface area contributed by atoms with Crippen LogP contribution in [-0.2, 0) is 6.54 Å². The number of aromatic nitrogens is 2. The molecule has 1 amide bonds. The molecule has 1 fully saturated rings. The van der Waals surface area contributed by atoms with Crippen LogP contribution in [0.4, 0.5) is 5.69 Å². The molecule has 1 saturated heterocycles. The lowest BCUT2D eigenvalue weighted by molar-refractivity contribution is 0.0744. The van der Waals surface area contributed by atoms with Gasteiger partial charge in [-0.15, -0.1) is 0 Å². The second-order valence-electron chi connectivity index (χ2n) is 8.47. The summed E-state index contributed by atoms with van der Waals surface area (Å²) in [5.41, 5.74) is 2.36. The predicted molar refractivity (Wildman–Crippen MR) is 138 cm³/mol. The minimum absolute atomic E-state index is 0.164. The SMILES string of the molecule is COc1ccc(N2CCN(C(=O)c3cc4cccnc4n(Cc4ccc(Cl)cc4)c3=O)CC2)cc1.